The monoisotopic (exact) mass is 544 g/mol. The quantitative estimate of drug-likeness (QED) is 0.438. The molecule has 0 spiro atoms. The number of alkyl halides is 2. The second-order valence-corrected chi connectivity index (χ2v) is 10.9. The van der Waals surface area contributed by atoms with Crippen molar-refractivity contribution < 1.29 is 31.5 Å². The van der Waals surface area contributed by atoms with Gasteiger partial charge in [-0.3, -0.25) is 0 Å². The normalized spacial score (nSPS) is 12.2. The molecular weight excluding hydrogens is 522 g/mol. The number of benzene rings is 2. The summed E-state index contributed by atoms with van der Waals surface area (Å²) in [5.74, 6) is -0.144. The lowest BCUT2D eigenvalue weighted by molar-refractivity contribution is -0.0502. The molecule has 178 valence electrons. The highest BCUT2D eigenvalue weighted by atomic mass is 79.9. The van der Waals surface area contributed by atoms with Gasteiger partial charge in [0, 0.05) is 5.39 Å². The van der Waals surface area contributed by atoms with Gasteiger partial charge in [-0.1, -0.05) is 17.7 Å². The van der Waals surface area contributed by atoms with E-state index in [0.29, 0.717) is 5.39 Å². The molecule has 3 aromatic rings. The summed E-state index contributed by atoms with van der Waals surface area (Å²) in [6.45, 7) is 3.70. The van der Waals surface area contributed by atoms with Gasteiger partial charge in [-0.15, -0.1) is 0 Å². The minimum Gasteiger partial charge on any atom is -0.444 e. The third-order valence-corrected chi connectivity index (χ3v) is 6.87. The fourth-order valence-electron chi connectivity index (χ4n) is 3.13. The summed E-state index contributed by atoms with van der Waals surface area (Å²) in [4.78, 5) is 12.2. The molecule has 1 amide bonds. The van der Waals surface area contributed by atoms with Crippen molar-refractivity contribution in [1.82, 2.24) is 9.29 Å². The van der Waals surface area contributed by atoms with Crippen LogP contribution in [0.15, 0.2) is 51.8 Å². The molecule has 0 aliphatic heterocycles. The standard InChI is InChI=1S/C22H23BrF2N2O5S/c1-13-5-7-16(8-6-13)33(29,30)27-15(12-26-21(28)32-22(2,3)4)9-14-10-19(31-20(24)25)17(23)11-18(14)27/h5-11,20H,12H2,1-4H3,(H,26,28). The maximum Gasteiger partial charge on any atom is 0.407 e. The number of ether oxygens (including phenoxy) is 2. The number of rotatable bonds is 6. The smallest absolute Gasteiger partial charge is 0.407 e. The molecular formula is C22H23BrF2N2O5S. The van der Waals surface area contributed by atoms with E-state index in [1.165, 1.54) is 30.3 Å². The van der Waals surface area contributed by atoms with Crippen molar-refractivity contribution >= 4 is 42.9 Å². The van der Waals surface area contributed by atoms with Crippen LogP contribution in [0.1, 0.15) is 32.0 Å². The molecule has 11 heteroatoms. The minimum absolute atomic E-state index is 0.0353. The summed E-state index contributed by atoms with van der Waals surface area (Å²) in [7, 11) is -4.09. The molecule has 2 aromatic carbocycles. The van der Waals surface area contributed by atoms with Crippen LogP contribution in [0.2, 0.25) is 0 Å². The molecule has 0 fully saturated rings. The Morgan fingerprint density at radius 1 is 1.15 bits per heavy atom. The first-order valence-corrected chi connectivity index (χ1v) is 12.1. The van der Waals surface area contributed by atoms with Crippen LogP contribution in [-0.2, 0) is 21.3 Å². The number of aromatic nitrogens is 1. The molecule has 1 aromatic heterocycles. The maximum atomic E-state index is 13.5. The molecule has 0 aliphatic carbocycles. The lowest BCUT2D eigenvalue weighted by Gasteiger charge is -2.20. The number of aryl methyl sites for hydroxylation is 1. The van der Waals surface area contributed by atoms with Crippen LogP contribution in [0.25, 0.3) is 10.9 Å². The number of alkyl carbamates (subject to hydrolysis) is 1. The zero-order valence-electron chi connectivity index (χ0n) is 18.4. The summed E-state index contributed by atoms with van der Waals surface area (Å²) in [5.41, 5.74) is 0.578. The molecule has 33 heavy (non-hydrogen) atoms. The molecule has 1 N–H and O–H groups in total. The molecule has 0 saturated heterocycles. The van der Waals surface area contributed by atoms with E-state index >= 15 is 0 Å². The van der Waals surface area contributed by atoms with Crippen molar-refractivity contribution in [3.8, 4) is 5.75 Å². The predicted molar refractivity (Wildman–Crippen MR) is 123 cm³/mol. The number of nitrogens with zero attached hydrogens (tertiary/aromatic N) is 1. The van der Waals surface area contributed by atoms with E-state index in [1.807, 2.05) is 6.92 Å². The van der Waals surface area contributed by atoms with Crippen molar-refractivity contribution in [1.29, 1.82) is 0 Å². The van der Waals surface area contributed by atoms with Gasteiger partial charge in [-0.05, 0) is 74.0 Å². The number of fused-ring (bicyclic) bond motifs is 1. The molecule has 7 nitrogen and oxygen atoms in total. The van der Waals surface area contributed by atoms with E-state index in [1.54, 1.807) is 32.9 Å². The zero-order valence-corrected chi connectivity index (χ0v) is 20.8. The lowest BCUT2D eigenvalue weighted by atomic mass is 10.2. The van der Waals surface area contributed by atoms with Crippen molar-refractivity contribution in [2.24, 2.45) is 0 Å². The van der Waals surface area contributed by atoms with Crippen molar-refractivity contribution in [2.45, 2.75) is 51.3 Å². The maximum absolute atomic E-state index is 13.5. The number of amides is 1. The molecule has 3 rings (SSSR count). The largest absolute Gasteiger partial charge is 0.444 e. The van der Waals surface area contributed by atoms with E-state index in [9.17, 15) is 22.0 Å². The summed E-state index contributed by atoms with van der Waals surface area (Å²) >= 11 is 3.16. The summed E-state index contributed by atoms with van der Waals surface area (Å²) in [5, 5.41) is 2.88. The second kappa shape index (κ2) is 9.30. The van der Waals surface area contributed by atoms with Crippen molar-refractivity contribution in [3.63, 3.8) is 0 Å². The summed E-state index contributed by atoms with van der Waals surface area (Å²) in [6.07, 6.45) is -0.727. The third kappa shape index (κ3) is 5.83. The van der Waals surface area contributed by atoms with Gasteiger partial charge >= 0.3 is 12.7 Å². The predicted octanol–water partition coefficient (Wildman–Crippen LogP) is 5.58. The van der Waals surface area contributed by atoms with Crippen LogP contribution in [-0.4, -0.2) is 30.7 Å². The van der Waals surface area contributed by atoms with Gasteiger partial charge in [0.15, 0.2) is 0 Å². The minimum atomic E-state index is -4.09. The highest BCUT2D eigenvalue weighted by Crippen LogP contribution is 2.35. The van der Waals surface area contributed by atoms with E-state index in [0.717, 1.165) is 9.54 Å². The van der Waals surface area contributed by atoms with Gasteiger partial charge < -0.3 is 14.8 Å². The average molecular weight is 545 g/mol. The Hall–Kier alpha value is -2.66. The number of hydrogen-bond donors (Lipinski definition) is 1. The Kier molecular flexibility index (Phi) is 7.04. The van der Waals surface area contributed by atoms with Gasteiger partial charge in [0.2, 0.25) is 0 Å². The number of carbonyl (C=O) groups is 1. The molecule has 0 unspecified atom stereocenters. The average Bonchev–Trinajstić information content (AvgIpc) is 3.03. The number of carbonyl (C=O) groups excluding carboxylic acids is 1. The topological polar surface area (TPSA) is 86.6 Å². The molecule has 0 radical (unpaired) electrons. The van der Waals surface area contributed by atoms with Crippen LogP contribution in [0.3, 0.4) is 0 Å². The number of halogens is 3. The van der Waals surface area contributed by atoms with Gasteiger partial charge in [0.1, 0.15) is 11.4 Å². The lowest BCUT2D eigenvalue weighted by Crippen LogP contribution is -2.33. The highest BCUT2D eigenvalue weighted by molar-refractivity contribution is 9.10. The molecule has 0 saturated carbocycles. The molecule has 0 bridgehead atoms. The van der Waals surface area contributed by atoms with Crippen LogP contribution in [0, 0.1) is 6.92 Å². The van der Waals surface area contributed by atoms with Crippen molar-refractivity contribution in [2.75, 3.05) is 0 Å². The first-order valence-electron chi connectivity index (χ1n) is 9.86. The van der Waals surface area contributed by atoms with Crippen LogP contribution in [0.5, 0.6) is 5.75 Å². The Labute approximate surface area is 198 Å². The van der Waals surface area contributed by atoms with Gasteiger partial charge in [-0.2, -0.15) is 8.78 Å². The molecule has 0 aliphatic rings. The fraction of sp³-hybridized carbons (Fsp3) is 0.318. The first kappa shape index (κ1) is 25.0. The summed E-state index contributed by atoms with van der Waals surface area (Å²) < 4.78 is 63.6. The Bertz CT molecular complexity index is 1280. The van der Waals surface area contributed by atoms with Crippen LogP contribution >= 0.6 is 15.9 Å². The van der Waals surface area contributed by atoms with E-state index in [-0.39, 0.29) is 32.9 Å². The molecule has 1 heterocycles. The van der Waals surface area contributed by atoms with E-state index in [2.05, 4.69) is 26.0 Å². The first-order chi connectivity index (χ1) is 15.3. The van der Waals surface area contributed by atoms with E-state index < -0.39 is 28.3 Å². The van der Waals surface area contributed by atoms with Gasteiger partial charge in [0.25, 0.3) is 10.0 Å². The molecule has 0 atom stereocenters. The summed E-state index contributed by atoms with van der Waals surface area (Å²) in [6, 6.07) is 10.5. The van der Waals surface area contributed by atoms with Gasteiger partial charge in [0.05, 0.1) is 27.1 Å². The zero-order chi connectivity index (χ0) is 24.6. The van der Waals surface area contributed by atoms with Crippen LogP contribution in [0.4, 0.5) is 13.6 Å². The Morgan fingerprint density at radius 2 is 1.79 bits per heavy atom. The highest BCUT2D eigenvalue weighted by Gasteiger charge is 2.25. The third-order valence-electron chi connectivity index (χ3n) is 4.47. The second-order valence-electron chi connectivity index (χ2n) is 8.29. The number of nitrogens with one attached hydrogen (secondary N) is 1. The fourth-order valence-corrected chi connectivity index (χ4v) is 5.09. The van der Waals surface area contributed by atoms with E-state index in [4.69, 9.17) is 4.74 Å². The van der Waals surface area contributed by atoms with Crippen molar-refractivity contribution in [3.05, 3.63) is 58.2 Å². The van der Waals surface area contributed by atoms with Gasteiger partial charge in [-0.25, -0.2) is 17.2 Å². The SMILES string of the molecule is Cc1ccc(S(=O)(=O)n2c(CNC(=O)OC(C)(C)C)cc3cc(OC(F)F)c(Br)cc32)cc1. The van der Waals surface area contributed by atoms with Crippen LogP contribution < -0.4 is 10.1 Å². The Balaban J connectivity index is 2.13. The number of hydrogen-bond acceptors (Lipinski definition) is 5. The Morgan fingerprint density at radius 3 is 2.36 bits per heavy atom.